The Morgan fingerprint density at radius 2 is 2.03 bits per heavy atom. The van der Waals surface area contributed by atoms with Crippen LogP contribution in [0, 0.1) is 0 Å². The number of nitrogens with zero attached hydrogens (tertiary/aromatic N) is 2. The average Bonchev–Trinajstić information content (AvgIpc) is 3.16. The zero-order chi connectivity index (χ0) is 20.8. The predicted octanol–water partition coefficient (Wildman–Crippen LogP) is 3.53. The van der Waals surface area contributed by atoms with Crippen LogP contribution < -0.4 is 10.6 Å². The van der Waals surface area contributed by atoms with Gasteiger partial charge < -0.3 is 20.3 Å². The van der Waals surface area contributed by atoms with Crippen molar-refractivity contribution in [2.45, 2.75) is 38.5 Å². The maximum Gasteiger partial charge on any atom is 0.321 e. The molecule has 1 aromatic carbocycles. The van der Waals surface area contributed by atoms with Crippen molar-refractivity contribution in [3.05, 3.63) is 41.7 Å². The molecule has 0 aliphatic carbocycles. The van der Waals surface area contributed by atoms with E-state index in [1.807, 2.05) is 29.2 Å². The zero-order valence-electron chi connectivity index (χ0n) is 17.2. The van der Waals surface area contributed by atoms with Gasteiger partial charge in [0.2, 0.25) is 5.91 Å². The highest BCUT2D eigenvalue weighted by atomic mass is 16.5. The highest BCUT2D eigenvalue weighted by Crippen LogP contribution is 2.30. The summed E-state index contributed by atoms with van der Waals surface area (Å²) in [5.41, 5.74) is 3.51. The Hall–Kier alpha value is -2.87. The number of rotatable bonds is 6. The lowest BCUT2D eigenvalue weighted by molar-refractivity contribution is -0.119. The number of aromatic nitrogens is 2. The third-order valence-corrected chi connectivity index (χ3v) is 5.16. The van der Waals surface area contributed by atoms with Crippen LogP contribution in [-0.4, -0.2) is 53.8 Å². The monoisotopic (exact) mass is 399 g/mol. The number of nitrogens with one attached hydrogen (secondary N) is 3. The van der Waals surface area contributed by atoms with Gasteiger partial charge in [0.05, 0.1) is 17.6 Å². The van der Waals surface area contributed by atoms with E-state index in [-0.39, 0.29) is 24.5 Å². The van der Waals surface area contributed by atoms with Crippen LogP contribution >= 0.6 is 0 Å². The molecule has 1 unspecified atom stereocenters. The molecule has 1 saturated heterocycles. The second-order valence-corrected chi connectivity index (χ2v) is 7.67. The molecule has 3 N–H and O–H groups in total. The van der Waals surface area contributed by atoms with Gasteiger partial charge in [0, 0.05) is 31.8 Å². The number of H-pyrrole nitrogens is 1. The topological polar surface area (TPSA) is 99.3 Å². The third kappa shape index (κ3) is 5.35. The van der Waals surface area contributed by atoms with Crippen molar-refractivity contribution in [3.63, 3.8) is 0 Å². The first kappa shape index (κ1) is 20.9. The summed E-state index contributed by atoms with van der Waals surface area (Å²) >= 11 is 0. The summed E-state index contributed by atoms with van der Waals surface area (Å²) in [6.45, 7) is 5.53. The van der Waals surface area contributed by atoms with Crippen LogP contribution in [0.3, 0.4) is 0 Å². The Morgan fingerprint density at radius 1 is 1.28 bits per heavy atom. The van der Waals surface area contributed by atoms with Gasteiger partial charge in [-0.15, -0.1) is 0 Å². The molecule has 3 rings (SSSR count). The maximum absolute atomic E-state index is 12.8. The van der Waals surface area contributed by atoms with Gasteiger partial charge in [-0.05, 0) is 36.5 Å². The van der Waals surface area contributed by atoms with Gasteiger partial charge in [0.15, 0.2) is 0 Å². The molecule has 29 heavy (non-hydrogen) atoms. The summed E-state index contributed by atoms with van der Waals surface area (Å²) in [6.07, 6.45) is 3.40. The van der Waals surface area contributed by atoms with E-state index in [0.29, 0.717) is 24.7 Å². The van der Waals surface area contributed by atoms with Crippen LogP contribution in [0.5, 0.6) is 0 Å². The fourth-order valence-electron chi connectivity index (χ4n) is 3.58. The van der Waals surface area contributed by atoms with Gasteiger partial charge in [-0.2, -0.15) is 5.10 Å². The molecular formula is C21H29N5O3. The fraction of sp³-hybridized carbons (Fsp3) is 0.476. The number of piperidine rings is 1. The van der Waals surface area contributed by atoms with E-state index in [4.69, 9.17) is 4.74 Å². The summed E-state index contributed by atoms with van der Waals surface area (Å²) in [7, 11) is 1.48. The van der Waals surface area contributed by atoms with Crippen LogP contribution in [0.15, 0.2) is 30.5 Å². The second kappa shape index (κ2) is 9.56. The van der Waals surface area contributed by atoms with Crippen molar-refractivity contribution >= 4 is 23.3 Å². The van der Waals surface area contributed by atoms with Crippen molar-refractivity contribution < 1.29 is 14.3 Å². The van der Waals surface area contributed by atoms with Crippen LogP contribution in [-0.2, 0) is 9.53 Å². The number of hydrogen-bond donors (Lipinski definition) is 3. The van der Waals surface area contributed by atoms with Gasteiger partial charge >= 0.3 is 6.03 Å². The van der Waals surface area contributed by atoms with E-state index in [1.54, 1.807) is 6.20 Å². The minimum Gasteiger partial charge on any atom is -0.375 e. The van der Waals surface area contributed by atoms with Crippen LogP contribution in [0.2, 0.25) is 0 Å². The number of ether oxygens (including phenoxy) is 1. The molecule has 1 aliphatic rings. The number of carbonyl (C=O) groups excluding carboxylic acids is 2. The minimum absolute atomic E-state index is 0.0145. The Morgan fingerprint density at radius 3 is 2.72 bits per heavy atom. The molecule has 1 fully saturated rings. The number of urea groups is 1. The van der Waals surface area contributed by atoms with Gasteiger partial charge in [0.1, 0.15) is 6.61 Å². The van der Waals surface area contributed by atoms with E-state index in [2.05, 4.69) is 34.7 Å². The largest absolute Gasteiger partial charge is 0.375 e. The SMILES string of the molecule is COCC(=O)Nc1cn[nH]c1C1CCCN(C(=O)Nc2ccc(C(C)C)cc2)C1. The Bertz CT molecular complexity index is 831. The second-order valence-electron chi connectivity index (χ2n) is 7.67. The third-order valence-electron chi connectivity index (χ3n) is 5.16. The number of aromatic amines is 1. The number of anilines is 2. The van der Waals surface area contributed by atoms with Crippen molar-refractivity contribution in [2.24, 2.45) is 0 Å². The van der Waals surface area contributed by atoms with E-state index in [0.717, 1.165) is 24.2 Å². The molecule has 3 amide bonds. The lowest BCUT2D eigenvalue weighted by Gasteiger charge is -2.32. The Kier molecular flexibility index (Phi) is 6.87. The highest BCUT2D eigenvalue weighted by Gasteiger charge is 2.28. The van der Waals surface area contributed by atoms with E-state index < -0.39 is 0 Å². The summed E-state index contributed by atoms with van der Waals surface area (Å²) in [5, 5.41) is 12.8. The van der Waals surface area contributed by atoms with Gasteiger partial charge in [0.25, 0.3) is 0 Å². The molecule has 0 saturated carbocycles. The van der Waals surface area contributed by atoms with Crippen molar-refractivity contribution in [2.75, 3.05) is 37.4 Å². The molecule has 156 valence electrons. The van der Waals surface area contributed by atoms with Crippen LogP contribution in [0.4, 0.5) is 16.2 Å². The summed E-state index contributed by atoms with van der Waals surface area (Å²) in [6, 6.07) is 7.84. The molecule has 2 aromatic rings. The molecule has 1 atom stereocenters. The maximum atomic E-state index is 12.8. The van der Waals surface area contributed by atoms with E-state index in [9.17, 15) is 9.59 Å². The smallest absolute Gasteiger partial charge is 0.321 e. The Labute approximate surface area is 171 Å². The first-order chi connectivity index (χ1) is 14.0. The molecular weight excluding hydrogens is 370 g/mol. The molecule has 1 aromatic heterocycles. The lowest BCUT2D eigenvalue weighted by Crippen LogP contribution is -2.41. The summed E-state index contributed by atoms with van der Waals surface area (Å²) in [5.74, 6) is 0.305. The summed E-state index contributed by atoms with van der Waals surface area (Å²) in [4.78, 5) is 26.4. The normalized spacial score (nSPS) is 16.7. The molecule has 0 radical (unpaired) electrons. The van der Waals surface area contributed by atoms with Crippen molar-refractivity contribution in [1.82, 2.24) is 15.1 Å². The zero-order valence-corrected chi connectivity index (χ0v) is 17.2. The fourth-order valence-corrected chi connectivity index (χ4v) is 3.58. The average molecular weight is 399 g/mol. The molecule has 8 nitrogen and oxygen atoms in total. The standard InChI is InChI=1S/C21H29N5O3/c1-14(2)15-6-8-17(9-7-15)23-21(28)26-10-4-5-16(12-26)20-18(11-22-25-20)24-19(27)13-29-3/h6-9,11,14,16H,4-5,10,12-13H2,1-3H3,(H,22,25)(H,23,28)(H,24,27). The molecule has 1 aliphatic heterocycles. The van der Waals surface area contributed by atoms with E-state index in [1.165, 1.54) is 12.7 Å². The number of benzene rings is 1. The van der Waals surface area contributed by atoms with Crippen molar-refractivity contribution in [3.8, 4) is 0 Å². The molecule has 2 heterocycles. The summed E-state index contributed by atoms with van der Waals surface area (Å²) < 4.78 is 4.86. The van der Waals surface area contributed by atoms with Crippen molar-refractivity contribution in [1.29, 1.82) is 0 Å². The van der Waals surface area contributed by atoms with Crippen LogP contribution in [0.25, 0.3) is 0 Å². The quantitative estimate of drug-likeness (QED) is 0.692. The first-order valence-corrected chi connectivity index (χ1v) is 9.96. The van der Waals surface area contributed by atoms with Crippen LogP contribution in [0.1, 0.15) is 49.8 Å². The Balaban J connectivity index is 1.62. The van der Waals surface area contributed by atoms with E-state index >= 15 is 0 Å². The first-order valence-electron chi connectivity index (χ1n) is 9.96. The highest BCUT2D eigenvalue weighted by molar-refractivity contribution is 5.92. The lowest BCUT2D eigenvalue weighted by atomic mass is 9.94. The minimum atomic E-state index is -0.231. The van der Waals surface area contributed by atoms with Gasteiger partial charge in [-0.3, -0.25) is 9.89 Å². The molecule has 0 spiro atoms. The number of carbonyl (C=O) groups is 2. The van der Waals surface area contributed by atoms with Gasteiger partial charge in [-0.1, -0.05) is 26.0 Å². The molecule has 0 bridgehead atoms. The predicted molar refractivity (Wildman–Crippen MR) is 112 cm³/mol. The van der Waals surface area contributed by atoms with Gasteiger partial charge in [-0.25, -0.2) is 4.79 Å². The molecule has 8 heteroatoms. The number of methoxy groups -OCH3 is 1. The number of amides is 3. The number of hydrogen-bond acceptors (Lipinski definition) is 4. The number of likely N-dealkylation sites (tertiary alicyclic amines) is 1.